The Morgan fingerprint density at radius 2 is 1.31 bits per heavy atom. The third-order valence-corrected chi connectivity index (χ3v) is 5.14. The van der Waals surface area contributed by atoms with E-state index in [1.54, 1.807) is 24.3 Å². The maximum atomic E-state index is 11.9. The zero-order chi connectivity index (χ0) is 21.0. The molecular weight excluding hydrogens is 360 g/mol. The monoisotopic (exact) mass is 400 g/mol. The van der Waals surface area contributed by atoms with E-state index in [0.717, 1.165) is 6.42 Å². The number of hydrogen-bond acceptors (Lipinski definition) is 3. The summed E-state index contributed by atoms with van der Waals surface area (Å²) in [6, 6.07) is 8.90. The van der Waals surface area contributed by atoms with E-state index in [9.17, 15) is 9.59 Å². The molecule has 0 saturated heterocycles. The maximum absolute atomic E-state index is 11.9. The average Bonchev–Trinajstić information content (AvgIpc) is 2.75. The number of benzene rings is 1. The molecule has 1 aromatic rings. The molecule has 0 heterocycles. The Hall–Kier alpha value is -1.90. The number of carbonyl (C=O) groups excluding carboxylic acids is 2. The molecule has 0 atom stereocenters. The van der Waals surface area contributed by atoms with Gasteiger partial charge in [-0.25, -0.2) is 0 Å². The van der Waals surface area contributed by atoms with Gasteiger partial charge < -0.3 is 4.74 Å². The summed E-state index contributed by atoms with van der Waals surface area (Å²) in [7, 11) is 0. The molecule has 0 aliphatic heterocycles. The second-order valence-corrected chi connectivity index (χ2v) is 7.80. The van der Waals surface area contributed by atoms with E-state index in [4.69, 9.17) is 4.74 Å². The molecule has 0 amide bonds. The zero-order valence-corrected chi connectivity index (χ0v) is 18.4. The fraction of sp³-hybridized carbons (Fsp3) is 0.615. The Kier molecular flexibility index (Phi) is 15.7. The molecule has 0 aliphatic carbocycles. The van der Waals surface area contributed by atoms with Gasteiger partial charge in [0, 0.05) is 5.56 Å². The van der Waals surface area contributed by atoms with Gasteiger partial charge in [0.15, 0.2) is 12.4 Å². The summed E-state index contributed by atoms with van der Waals surface area (Å²) in [5, 5.41) is 0. The molecule has 0 saturated carbocycles. The van der Waals surface area contributed by atoms with Gasteiger partial charge in [-0.2, -0.15) is 0 Å². The summed E-state index contributed by atoms with van der Waals surface area (Å²) in [5.41, 5.74) is 0.572. The highest BCUT2D eigenvalue weighted by atomic mass is 16.5. The Morgan fingerprint density at radius 3 is 1.90 bits per heavy atom. The van der Waals surface area contributed by atoms with E-state index >= 15 is 0 Å². The summed E-state index contributed by atoms with van der Waals surface area (Å²) < 4.78 is 5.04. The maximum Gasteiger partial charge on any atom is 0.310 e. The molecule has 0 unspecified atom stereocenters. The molecule has 3 nitrogen and oxygen atoms in total. The average molecular weight is 401 g/mol. The van der Waals surface area contributed by atoms with Gasteiger partial charge in [-0.05, 0) is 12.8 Å². The lowest BCUT2D eigenvalue weighted by Crippen LogP contribution is -2.13. The van der Waals surface area contributed by atoms with Gasteiger partial charge in [-0.15, -0.1) is 0 Å². The fourth-order valence-corrected chi connectivity index (χ4v) is 3.31. The number of ketones is 1. The van der Waals surface area contributed by atoms with Crippen LogP contribution in [0.5, 0.6) is 0 Å². The van der Waals surface area contributed by atoms with Gasteiger partial charge in [0.05, 0.1) is 6.42 Å². The Balaban J connectivity index is 1.88. The van der Waals surface area contributed by atoms with Crippen molar-refractivity contribution in [1.29, 1.82) is 0 Å². The summed E-state index contributed by atoms with van der Waals surface area (Å²) in [6.07, 6.45) is 21.4. The molecule has 0 aliphatic rings. The minimum atomic E-state index is -0.347. The molecule has 0 bridgehead atoms. The third-order valence-electron chi connectivity index (χ3n) is 5.14. The van der Waals surface area contributed by atoms with Crippen LogP contribution in [0.25, 0.3) is 0 Å². The molecule has 0 spiro atoms. The molecular formula is C26H40O3. The third kappa shape index (κ3) is 14.7. The molecule has 29 heavy (non-hydrogen) atoms. The molecule has 162 valence electrons. The first kappa shape index (κ1) is 25.1. The van der Waals surface area contributed by atoms with Crippen molar-refractivity contribution in [2.75, 3.05) is 6.61 Å². The summed E-state index contributed by atoms with van der Waals surface area (Å²) in [4.78, 5) is 23.6. The SMILES string of the molecule is CCCCCCCCCCCCCCC=CCC(=O)OCC(=O)c1ccccc1. The normalized spacial score (nSPS) is 11.1. The molecule has 0 N–H and O–H groups in total. The van der Waals surface area contributed by atoms with Gasteiger partial charge in [-0.1, -0.05) is 120 Å². The Bertz CT molecular complexity index is 563. The van der Waals surface area contributed by atoms with Crippen LogP contribution in [0.15, 0.2) is 42.5 Å². The van der Waals surface area contributed by atoms with Gasteiger partial charge >= 0.3 is 5.97 Å². The minimum absolute atomic E-state index is 0.167. The van der Waals surface area contributed by atoms with E-state index in [0.29, 0.717) is 5.56 Å². The number of allylic oxidation sites excluding steroid dienone is 1. The first-order chi connectivity index (χ1) is 14.2. The highest BCUT2D eigenvalue weighted by Crippen LogP contribution is 2.12. The predicted octanol–water partition coefficient (Wildman–Crippen LogP) is 7.45. The second kappa shape index (κ2) is 18.1. The predicted molar refractivity (Wildman–Crippen MR) is 121 cm³/mol. The molecule has 1 aromatic carbocycles. The number of rotatable bonds is 18. The van der Waals surface area contributed by atoms with Crippen LogP contribution in [0, 0.1) is 0 Å². The van der Waals surface area contributed by atoms with Crippen molar-refractivity contribution in [3.05, 3.63) is 48.0 Å². The lowest BCUT2D eigenvalue weighted by molar-refractivity contribution is -0.141. The first-order valence-corrected chi connectivity index (χ1v) is 11.6. The molecule has 3 heteroatoms. The number of Topliss-reactive ketones (excluding diaryl/α,β-unsaturated/α-hetero) is 1. The Labute approximate surface area is 177 Å². The lowest BCUT2D eigenvalue weighted by atomic mass is 10.0. The van der Waals surface area contributed by atoms with Crippen molar-refractivity contribution in [3.8, 4) is 0 Å². The Morgan fingerprint density at radius 1 is 0.759 bits per heavy atom. The van der Waals surface area contributed by atoms with Crippen LogP contribution in [0.1, 0.15) is 107 Å². The molecule has 0 aromatic heterocycles. The van der Waals surface area contributed by atoms with E-state index in [2.05, 4.69) is 13.0 Å². The van der Waals surface area contributed by atoms with Crippen LogP contribution < -0.4 is 0 Å². The van der Waals surface area contributed by atoms with Crippen molar-refractivity contribution in [1.82, 2.24) is 0 Å². The van der Waals surface area contributed by atoms with Gasteiger partial charge in [-0.3, -0.25) is 9.59 Å². The standard InChI is InChI=1S/C26H40O3/c1-2-3-4-5-6-7-8-9-10-11-12-13-14-15-19-22-26(28)29-23-25(27)24-20-17-16-18-21-24/h15-21H,2-14,22-23H2,1H3. The lowest BCUT2D eigenvalue weighted by Gasteiger charge is -2.03. The largest absolute Gasteiger partial charge is 0.457 e. The van der Waals surface area contributed by atoms with Gasteiger partial charge in [0.1, 0.15) is 0 Å². The van der Waals surface area contributed by atoms with Crippen LogP contribution >= 0.6 is 0 Å². The minimum Gasteiger partial charge on any atom is -0.457 e. The molecule has 0 radical (unpaired) electrons. The zero-order valence-electron chi connectivity index (χ0n) is 18.4. The van der Waals surface area contributed by atoms with Crippen LogP contribution in [0.3, 0.4) is 0 Å². The van der Waals surface area contributed by atoms with Crippen molar-refractivity contribution < 1.29 is 14.3 Å². The highest BCUT2D eigenvalue weighted by Gasteiger charge is 2.08. The quantitative estimate of drug-likeness (QED) is 0.111. The van der Waals surface area contributed by atoms with Crippen molar-refractivity contribution in [2.24, 2.45) is 0 Å². The number of unbranched alkanes of at least 4 members (excludes halogenated alkanes) is 12. The molecule has 1 rings (SSSR count). The van der Waals surface area contributed by atoms with Crippen LogP contribution in [-0.4, -0.2) is 18.4 Å². The first-order valence-electron chi connectivity index (χ1n) is 11.6. The van der Waals surface area contributed by atoms with E-state index in [1.165, 1.54) is 77.0 Å². The highest BCUT2D eigenvalue weighted by molar-refractivity contribution is 5.97. The van der Waals surface area contributed by atoms with Crippen LogP contribution in [0.4, 0.5) is 0 Å². The fourth-order valence-electron chi connectivity index (χ4n) is 3.31. The van der Waals surface area contributed by atoms with Crippen molar-refractivity contribution in [2.45, 2.75) is 96.8 Å². The second-order valence-electron chi connectivity index (χ2n) is 7.80. The number of carbonyl (C=O) groups is 2. The van der Waals surface area contributed by atoms with E-state index in [-0.39, 0.29) is 24.8 Å². The number of ether oxygens (including phenoxy) is 1. The number of esters is 1. The topological polar surface area (TPSA) is 43.4 Å². The van der Waals surface area contributed by atoms with Crippen molar-refractivity contribution in [3.63, 3.8) is 0 Å². The van der Waals surface area contributed by atoms with Crippen LogP contribution in [-0.2, 0) is 9.53 Å². The molecule has 0 fully saturated rings. The van der Waals surface area contributed by atoms with E-state index in [1.807, 2.05) is 12.1 Å². The van der Waals surface area contributed by atoms with Crippen LogP contribution in [0.2, 0.25) is 0 Å². The number of hydrogen-bond donors (Lipinski definition) is 0. The van der Waals surface area contributed by atoms with E-state index < -0.39 is 0 Å². The van der Waals surface area contributed by atoms with Gasteiger partial charge in [0.2, 0.25) is 0 Å². The smallest absolute Gasteiger partial charge is 0.310 e. The van der Waals surface area contributed by atoms with Gasteiger partial charge in [0.25, 0.3) is 0 Å². The summed E-state index contributed by atoms with van der Waals surface area (Å²) >= 11 is 0. The summed E-state index contributed by atoms with van der Waals surface area (Å²) in [6.45, 7) is 2.08. The summed E-state index contributed by atoms with van der Waals surface area (Å²) in [5.74, 6) is -0.514. The van der Waals surface area contributed by atoms with Crippen molar-refractivity contribution >= 4 is 11.8 Å².